The number of hydrogen-bond acceptors (Lipinski definition) is 7. The minimum absolute atomic E-state index is 0.0339. The van der Waals surface area contributed by atoms with Gasteiger partial charge in [0.15, 0.2) is 5.78 Å². The summed E-state index contributed by atoms with van der Waals surface area (Å²) in [5, 5.41) is 14.1. The molecular formula is C49H56N6O. The summed E-state index contributed by atoms with van der Waals surface area (Å²) in [5.74, 6) is -0.566. The van der Waals surface area contributed by atoms with Gasteiger partial charge in [-0.1, -0.05) is 82.3 Å². The molecule has 7 rings (SSSR count). The number of hydrogen-bond donors (Lipinski definition) is 6. The van der Waals surface area contributed by atoms with Crippen LogP contribution in [0.3, 0.4) is 0 Å². The summed E-state index contributed by atoms with van der Waals surface area (Å²) in [6.07, 6.45) is 4.09. The fourth-order valence-electron chi connectivity index (χ4n) is 8.28. The van der Waals surface area contributed by atoms with Gasteiger partial charge >= 0.3 is 0 Å². The molecule has 5 aromatic rings. The van der Waals surface area contributed by atoms with Crippen molar-refractivity contribution in [1.29, 1.82) is 0 Å². The van der Waals surface area contributed by atoms with Gasteiger partial charge in [0.25, 0.3) is 0 Å². The first-order valence-electron chi connectivity index (χ1n) is 20.4. The van der Waals surface area contributed by atoms with Crippen LogP contribution in [0.15, 0.2) is 121 Å². The SMILES string of the molecule is CCCNc1ccc(C2=C(c3ccc(NCCC)cc3)C(N)(c3ccc(NCCC)cc3)C(c3ccc(NCCC)cc3)C3=C2c2ccc(N)cc2C3=O)cc1. The van der Waals surface area contributed by atoms with Crippen LogP contribution in [0, 0.1) is 0 Å². The highest BCUT2D eigenvalue weighted by Gasteiger charge is 2.53. The summed E-state index contributed by atoms with van der Waals surface area (Å²) in [6.45, 7) is 12.2. The smallest absolute Gasteiger partial charge is 0.191 e. The quantitative estimate of drug-likeness (QED) is 0.0557. The Morgan fingerprint density at radius 2 is 0.982 bits per heavy atom. The standard InChI is InChI=1S/C49H56N6O/c1-5-27-52-37-18-9-32(10-19-37)43-44-41-26-17-36(50)31-42(41)48(56)45(44)47(34-13-22-39(23-14-34)54-29-7-3)49(51,35-15-24-40(25-16-35)55-30-8-4)46(43)33-11-20-38(21-12-33)53-28-6-2/h9-26,31,47,52-55H,5-8,27-30,50-51H2,1-4H3. The summed E-state index contributed by atoms with van der Waals surface area (Å²) in [6, 6.07) is 40.1. The van der Waals surface area contributed by atoms with Crippen molar-refractivity contribution in [2.45, 2.75) is 64.8 Å². The van der Waals surface area contributed by atoms with Crippen molar-refractivity contribution in [3.05, 3.63) is 154 Å². The van der Waals surface area contributed by atoms with Crippen molar-refractivity contribution < 1.29 is 4.79 Å². The molecule has 0 bridgehead atoms. The zero-order valence-electron chi connectivity index (χ0n) is 33.3. The van der Waals surface area contributed by atoms with Gasteiger partial charge in [-0.25, -0.2) is 0 Å². The second-order valence-corrected chi connectivity index (χ2v) is 15.0. The lowest BCUT2D eigenvalue weighted by Crippen LogP contribution is -2.47. The molecule has 2 unspecified atom stereocenters. The van der Waals surface area contributed by atoms with Crippen LogP contribution in [0.4, 0.5) is 28.4 Å². The number of anilines is 5. The molecule has 0 saturated heterocycles. The Morgan fingerprint density at radius 1 is 0.536 bits per heavy atom. The Bertz CT molecular complexity index is 2220. The van der Waals surface area contributed by atoms with Crippen molar-refractivity contribution in [3.8, 4) is 0 Å². The van der Waals surface area contributed by atoms with Crippen molar-refractivity contribution in [1.82, 2.24) is 0 Å². The monoisotopic (exact) mass is 744 g/mol. The van der Waals surface area contributed by atoms with Crippen LogP contribution in [0.5, 0.6) is 0 Å². The maximum absolute atomic E-state index is 15.2. The van der Waals surface area contributed by atoms with Gasteiger partial charge in [0.2, 0.25) is 0 Å². The molecule has 0 saturated carbocycles. The lowest BCUT2D eigenvalue weighted by atomic mass is 9.59. The van der Waals surface area contributed by atoms with Crippen LogP contribution in [-0.4, -0.2) is 32.0 Å². The Hall–Kier alpha value is -5.79. The van der Waals surface area contributed by atoms with Gasteiger partial charge in [-0.15, -0.1) is 0 Å². The summed E-state index contributed by atoms with van der Waals surface area (Å²) >= 11 is 0. The first-order chi connectivity index (χ1) is 27.3. The summed E-state index contributed by atoms with van der Waals surface area (Å²) in [4.78, 5) is 15.2. The Morgan fingerprint density at radius 3 is 1.46 bits per heavy atom. The Balaban J connectivity index is 1.57. The lowest BCUT2D eigenvalue weighted by Gasteiger charge is -2.46. The van der Waals surface area contributed by atoms with Crippen molar-refractivity contribution in [2.75, 3.05) is 53.2 Å². The molecule has 5 aromatic carbocycles. The van der Waals surface area contributed by atoms with E-state index in [0.717, 1.165) is 119 Å². The fourth-order valence-corrected chi connectivity index (χ4v) is 8.28. The molecule has 0 amide bonds. The van der Waals surface area contributed by atoms with E-state index in [-0.39, 0.29) is 5.78 Å². The average molecular weight is 745 g/mol. The number of nitrogens with two attached hydrogens (primary N) is 2. The van der Waals surface area contributed by atoms with Crippen LogP contribution in [0.2, 0.25) is 0 Å². The van der Waals surface area contributed by atoms with Gasteiger partial charge in [-0.05, 0) is 131 Å². The zero-order valence-corrected chi connectivity index (χ0v) is 33.3. The third-order valence-electron chi connectivity index (χ3n) is 11.0. The lowest BCUT2D eigenvalue weighted by molar-refractivity contribution is 0.102. The van der Waals surface area contributed by atoms with Crippen LogP contribution in [0.25, 0.3) is 16.7 Å². The molecule has 2 aliphatic rings. The molecular weight excluding hydrogens is 689 g/mol. The van der Waals surface area contributed by atoms with E-state index in [1.807, 2.05) is 18.2 Å². The minimum Gasteiger partial charge on any atom is -0.399 e. The molecule has 288 valence electrons. The van der Waals surface area contributed by atoms with Crippen molar-refractivity contribution in [3.63, 3.8) is 0 Å². The number of carbonyl (C=O) groups is 1. The number of benzene rings is 5. The largest absolute Gasteiger partial charge is 0.399 e. The fraction of sp³-hybridized carbons (Fsp3) is 0.286. The van der Waals surface area contributed by atoms with Gasteiger partial charge in [-0.2, -0.15) is 0 Å². The van der Waals surface area contributed by atoms with E-state index in [1.165, 1.54) is 0 Å². The van der Waals surface area contributed by atoms with Crippen LogP contribution >= 0.6 is 0 Å². The molecule has 0 spiro atoms. The Labute approximate surface area is 332 Å². The second kappa shape index (κ2) is 16.9. The normalized spacial score (nSPS) is 17.4. The highest BCUT2D eigenvalue weighted by atomic mass is 16.1. The van der Waals surface area contributed by atoms with Gasteiger partial charge in [0, 0.05) is 71.7 Å². The highest BCUT2D eigenvalue weighted by molar-refractivity contribution is 6.34. The van der Waals surface area contributed by atoms with E-state index in [1.54, 1.807) is 0 Å². The first-order valence-corrected chi connectivity index (χ1v) is 20.4. The first kappa shape index (κ1) is 38.5. The van der Waals surface area contributed by atoms with E-state index < -0.39 is 11.5 Å². The van der Waals surface area contributed by atoms with Gasteiger partial charge in [0.05, 0.1) is 5.54 Å². The molecule has 8 N–H and O–H groups in total. The molecule has 7 nitrogen and oxygen atoms in total. The van der Waals surface area contributed by atoms with E-state index in [0.29, 0.717) is 16.8 Å². The number of allylic oxidation sites excluding steroid dienone is 2. The van der Waals surface area contributed by atoms with Gasteiger partial charge in [0.1, 0.15) is 0 Å². The number of ketones is 1. The third-order valence-corrected chi connectivity index (χ3v) is 11.0. The molecule has 56 heavy (non-hydrogen) atoms. The molecule has 2 aliphatic carbocycles. The molecule has 0 radical (unpaired) electrons. The van der Waals surface area contributed by atoms with E-state index in [9.17, 15) is 0 Å². The average Bonchev–Trinajstić information content (AvgIpc) is 3.51. The molecule has 7 heteroatoms. The van der Waals surface area contributed by atoms with Crippen molar-refractivity contribution in [2.24, 2.45) is 5.73 Å². The summed E-state index contributed by atoms with van der Waals surface area (Å²) < 4.78 is 0. The molecule has 0 aromatic heterocycles. The number of rotatable bonds is 16. The van der Waals surface area contributed by atoms with Gasteiger partial charge in [-0.3, -0.25) is 4.79 Å². The number of Topliss-reactive ketones (excluding diaryl/α,β-unsaturated/α-hetero) is 1. The molecule has 0 fully saturated rings. The summed E-state index contributed by atoms with van der Waals surface area (Å²) in [7, 11) is 0. The number of nitrogen functional groups attached to an aromatic ring is 1. The van der Waals surface area contributed by atoms with Crippen LogP contribution in [0.1, 0.15) is 97.5 Å². The van der Waals surface area contributed by atoms with Crippen molar-refractivity contribution >= 4 is 50.9 Å². The number of fused-ring (bicyclic) bond motifs is 2. The van der Waals surface area contributed by atoms with Crippen LogP contribution < -0.4 is 32.7 Å². The van der Waals surface area contributed by atoms with Gasteiger partial charge < -0.3 is 32.7 Å². The topological polar surface area (TPSA) is 117 Å². The van der Waals surface area contributed by atoms with E-state index in [2.05, 4.69) is 146 Å². The predicted octanol–water partition coefficient (Wildman–Crippen LogP) is 10.8. The van der Waals surface area contributed by atoms with E-state index in [4.69, 9.17) is 11.5 Å². The highest BCUT2D eigenvalue weighted by Crippen LogP contribution is 2.62. The third kappa shape index (κ3) is 7.31. The maximum atomic E-state index is 15.2. The minimum atomic E-state index is -1.18. The zero-order chi connectivity index (χ0) is 39.2. The second-order valence-electron chi connectivity index (χ2n) is 15.0. The molecule has 0 heterocycles. The molecule has 2 atom stereocenters. The summed E-state index contributed by atoms with van der Waals surface area (Å²) in [5.41, 5.74) is 27.2. The van der Waals surface area contributed by atoms with Crippen LogP contribution in [-0.2, 0) is 5.54 Å². The number of nitrogens with one attached hydrogen (secondary N) is 4. The molecule has 0 aliphatic heterocycles. The van der Waals surface area contributed by atoms with E-state index >= 15 is 4.79 Å². The maximum Gasteiger partial charge on any atom is 0.191 e. The number of carbonyl (C=O) groups excluding carboxylic acids is 1. The predicted molar refractivity (Wildman–Crippen MR) is 238 cm³/mol. The Kier molecular flexibility index (Phi) is 11.6.